The lowest BCUT2D eigenvalue weighted by atomic mass is 9.83. The van der Waals surface area contributed by atoms with Gasteiger partial charge in [0.15, 0.2) is 0 Å². The minimum absolute atomic E-state index is 0.710. The van der Waals surface area contributed by atoms with Crippen molar-refractivity contribution in [3.63, 3.8) is 0 Å². The summed E-state index contributed by atoms with van der Waals surface area (Å²) in [6, 6.07) is 0. The van der Waals surface area contributed by atoms with E-state index in [0.29, 0.717) is 5.92 Å². The molecule has 0 aromatic heterocycles. The fraction of sp³-hybridized carbons (Fsp3) is 1.00. The average molecular weight is 254 g/mol. The van der Waals surface area contributed by atoms with Gasteiger partial charge in [-0.3, -0.25) is 0 Å². The Hall–Kier alpha value is -0.160. The largest absolute Gasteiger partial charge is 0.330 e. The molecule has 4 nitrogen and oxygen atoms in total. The molecule has 0 saturated carbocycles. The molecular weight excluding hydrogens is 224 g/mol. The van der Waals surface area contributed by atoms with E-state index in [1.165, 1.54) is 52.1 Å². The zero-order valence-corrected chi connectivity index (χ0v) is 11.9. The maximum Gasteiger partial charge on any atom is 0.0107 e. The molecule has 3 N–H and O–H groups in total. The second-order valence-electron chi connectivity index (χ2n) is 5.82. The maximum atomic E-state index is 6.03. The van der Waals surface area contributed by atoms with E-state index in [1.54, 1.807) is 0 Å². The summed E-state index contributed by atoms with van der Waals surface area (Å²) in [6.07, 6.45) is 2.70. The van der Waals surface area contributed by atoms with Crippen molar-refractivity contribution in [3.8, 4) is 0 Å². The van der Waals surface area contributed by atoms with E-state index in [4.69, 9.17) is 5.73 Å². The molecule has 2 rings (SSSR count). The lowest BCUT2D eigenvalue weighted by molar-refractivity contribution is 0.119. The number of piperidine rings is 1. The molecule has 106 valence electrons. The van der Waals surface area contributed by atoms with Crippen molar-refractivity contribution in [2.24, 2.45) is 17.6 Å². The van der Waals surface area contributed by atoms with Crippen LogP contribution in [-0.2, 0) is 0 Å². The molecule has 0 spiro atoms. The monoisotopic (exact) mass is 254 g/mol. The Balaban J connectivity index is 1.77. The highest BCUT2D eigenvalue weighted by atomic mass is 15.2. The summed E-state index contributed by atoms with van der Waals surface area (Å²) in [7, 11) is 0. The summed E-state index contributed by atoms with van der Waals surface area (Å²) in [5.74, 6) is 1.56. The first-order valence-electron chi connectivity index (χ1n) is 7.69. The number of hydrogen-bond donors (Lipinski definition) is 2. The summed E-state index contributed by atoms with van der Waals surface area (Å²) in [6.45, 7) is 12.8. The van der Waals surface area contributed by atoms with Crippen LogP contribution in [0, 0.1) is 11.8 Å². The van der Waals surface area contributed by atoms with Gasteiger partial charge in [-0.15, -0.1) is 0 Å². The Kier molecular flexibility index (Phi) is 5.89. The second-order valence-corrected chi connectivity index (χ2v) is 5.82. The van der Waals surface area contributed by atoms with Crippen LogP contribution >= 0.6 is 0 Å². The summed E-state index contributed by atoms with van der Waals surface area (Å²) < 4.78 is 0. The number of hydrogen-bond acceptors (Lipinski definition) is 4. The van der Waals surface area contributed by atoms with Crippen LogP contribution in [0.5, 0.6) is 0 Å². The quantitative estimate of drug-likeness (QED) is 0.736. The Morgan fingerprint density at radius 1 is 1.11 bits per heavy atom. The van der Waals surface area contributed by atoms with Crippen molar-refractivity contribution in [1.29, 1.82) is 0 Å². The molecule has 0 aromatic carbocycles. The van der Waals surface area contributed by atoms with Gasteiger partial charge < -0.3 is 20.9 Å². The minimum Gasteiger partial charge on any atom is -0.330 e. The third-order valence-electron chi connectivity index (χ3n) is 4.75. The zero-order valence-electron chi connectivity index (χ0n) is 11.9. The van der Waals surface area contributed by atoms with E-state index >= 15 is 0 Å². The van der Waals surface area contributed by atoms with Gasteiger partial charge in [0, 0.05) is 32.7 Å². The minimum atomic E-state index is 0.710. The summed E-state index contributed by atoms with van der Waals surface area (Å²) in [5.41, 5.74) is 6.03. The molecule has 0 amide bonds. The SMILES string of the molecule is CCN1CCC(C(CN)CN2CCNCC2)CC1. The number of rotatable bonds is 5. The van der Waals surface area contributed by atoms with Crippen LogP contribution in [0.4, 0.5) is 0 Å². The van der Waals surface area contributed by atoms with Gasteiger partial charge in [0.2, 0.25) is 0 Å². The first-order chi connectivity index (χ1) is 8.83. The molecule has 18 heavy (non-hydrogen) atoms. The third kappa shape index (κ3) is 3.92. The van der Waals surface area contributed by atoms with Crippen LogP contribution in [0.1, 0.15) is 19.8 Å². The first-order valence-corrected chi connectivity index (χ1v) is 7.69. The smallest absolute Gasteiger partial charge is 0.0107 e. The first kappa shape index (κ1) is 14.3. The molecule has 1 atom stereocenters. The number of nitrogens with zero attached hydrogens (tertiary/aromatic N) is 2. The molecule has 0 radical (unpaired) electrons. The fourth-order valence-electron chi connectivity index (χ4n) is 3.38. The van der Waals surface area contributed by atoms with Gasteiger partial charge in [0.1, 0.15) is 0 Å². The van der Waals surface area contributed by atoms with Gasteiger partial charge in [0.25, 0.3) is 0 Å². The second kappa shape index (κ2) is 7.43. The normalized spacial score (nSPS) is 26.3. The number of nitrogens with two attached hydrogens (primary N) is 1. The van der Waals surface area contributed by atoms with Gasteiger partial charge >= 0.3 is 0 Å². The summed E-state index contributed by atoms with van der Waals surface area (Å²) in [5, 5.41) is 3.42. The highest BCUT2D eigenvalue weighted by molar-refractivity contribution is 4.81. The maximum absolute atomic E-state index is 6.03. The molecule has 0 aromatic rings. The lowest BCUT2D eigenvalue weighted by Crippen LogP contribution is -2.48. The summed E-state index contributed by atoms with van der Waals surface area (Å²) in [4.78, 5) is 5.16. The van der Waals surface area contributed by atoms with E-state index in [0.717, 1.165) is 25.6 Å². The third-order valence-corrected chi connectivity index (χ3v) is 4.75. The van der Waals surface area contributed by atoms with Crippen molar-refractivity contribution in [2.75, 3.05) is 58.9 Å². The van der Waals surface area contributed by atoms with Crippen LogP contribution in [0.3, 0.4) is 0 Å². The van der Waals surface area contributed by atoms with E-state index in [1.807, 2.05) is 0 Å². The van der Waals surface area contributed by atoms with Gasteiger partial charge in [-0.05, 0) is 50.9 Å². The van der Waals surface area contributed by atoms with Gasteiger partial charge in [-0.2, -0.15) is 0 Å². The highest BCUT2D eigenvalue weighted by Crippen LogP contribution is 2.25. The topological polar surface area (TPSA) is 44.5 Å². The average Bonchev–Trinajstić information content (AvgIpc) is 2.46. The molecule has 2 heterocycles. The standard InChI is InChI=1S/C14H30N4/c1-2-17-7-3-13(4-8-17)14(11-15)12-18-9-5-16-6-10-18/h13-14,16H,2-12,15H2,1H3. The molecule has 0 bridgehead atoms. The molecule has 1 unspecified atom stereocenters. The van der Waals surface area contributed by atoms with Crippen LogP contribution < -0.4 is 11.1 Å². The zero-order chi connectivity index (χ0) is 12.8. The number of piperazine rings is 1. The van der Waals surface area contributed by atoms with Crippen molar-refractivity contribution in [3.05, 3.63) is 0 Å². The molecule has 2 aliphatic heterocycles. The Morgan fingerprint density at radius 2 is 1.78 bits per heavy atom. The Morgan fingerprint density at radius 3 is 2.33 bits per heavy atom. The van der Waals surface area contributed by atoms with Gasteiger partial charge in [-0.1, -0.05) is 6.92 Å². The predicted octanol–water partition coefficient (Wildman–Crippen LogP) is 0.198. The van der Waals surface area contributed by atoms with Gasteiger partial charge in [-0.25, -0.2) is 0 Å². The van der Waals surface area contributed by atoms with Crippen LogP contribution in [0.2, 0.25) is 0 Å². The van der Waals surface area contributed by atoms with Crippen molar-refractivity contribution < 1.29 is 0 Å². The molecular formula is C14H30N4. The molecule has 2 saturated heterocycles. The lowest BCUT2D eigenvalue weighted by Gasteiger charge is -2.38. The molecule has 2 aliphatic rings. The van der Waals surface area contributed by atoms with E-state index in [2.05, 4.69) is 22.0 Å². The van der Waals surface area contributed by atoms with E-state index in [9.17, 15) is 0 Å². The number of likely N-dealkylation sites (tertiary alicyclic amines) is 1. The molecule has 2 fully saturated rings. The van der Waals surface area contributed by atoms with Crippen molar-refractivity contribution >= 4 is 0 Å². The Bertz CT molecular complexity index is 220. The van der Waals surface area contributed by atoms with Crippen LogP contribution in [0.15, 0.2) is 0 Å². The predicted molar refractivity (Wildman–Crippen MR) is 76.7 cm³/mol. The summed E-state index contributed by atoms with van der Waals surface area (Å²) >= 11 is 0. The van der Waals surface area contributed by atoms with E-state index < -0.39 is 0 Å². The van der Waals surface area contributed by atoms with Crippen molar-refractivity contribution in [2.45, 2.75) is 19.8 Å². The van der Waals surface area contributed by atoms with Gasteiger partial charge in [0.05, 0.1) is 0 Å². The number of nitrogens with one attached hydrogen (secondary N) is 1. The van der Waals surface area contributed by atoms with Crippen molar-refractivity contribution in [1.82, 2.24) is 15.1 Å². The fourth-order valence-corrected chi connectivity index (χ4v) is 3.38. The highest BCUT2D eigenvalue weighted by Gasteiger charge is 2.26. The van der Waals surface area contributed by atoms with E-state index in [-0.39, 0.29) is 0 Å². The molecule has 0 aliphatic carbocycles. The van der Waals surface area contributed by atoms with Crippen LogP contribution in [0.25, 0.3) is 0 Å². The van der Waals surface area contributed by atoms with Crippen LogP contribution in [-0.4, -0.2) is 68.7 Å². The Labute approximate surface area is 112 Å². The molecule has 4 heteroatoms.